The fourth-order valence-electron chi connectivity index (χ4n) is 2.39. The monoisotopic (exact) mass is 427 g/mol. The van der Waals surface area contributed by atoms with Crippen molar-refractivity contribution >= 4 is 35.0 Å². The van der Waals surface area contributed by atoms with Crippen LogP contribution in [0.5, 0.6) is 0 Å². The van der Waals surface area contributed by atoms with E-state index in [0.717, 1.165) is 15.6 Å². The van der Waals surface area contributed by atoms with Crippen molar-refractivity contribution in [2.24, 2.45) is 0 Å². The van der Waals surface area contributed by atoms with E-state index in [1.807, 2.05) is 0 Å². The predicted molar refractivity (Wildman–Crippen MR) is 99.5 cm³/mol. The van der Waals surface area contributed by atoms with Crippen molar-refractivity contribution in [3.63, 3.8) is 0 Å². The highest BCUT2D eigenvalue weighted by Crippen LogP contribution is 2.36. The first kappa shape index (κ1) is 20.2. The first-order chi connectivity index (χ1) is 13.2. The van der Waals surface area contributed by atoms with Gasteiger partial charge in [-0.05, 0) is 52.9 Å². The SMILES string of the molecule is CC(=O)Nc1ccc(SCc2nnnn2-c2ccc(Cl)cc2C(F)(F)F)cc1. The topological polar surface area (TPSA) is 72.7 Å². The average molecular weight is 428 g/mol. The summed E-state index contributed by atoms with van der Waals surface area (Å²) in [5.41, 5.74) is -0.464. The molecule has 1 N–H and O–H groups in total. The van der Waals surface area contributed by atoms with Gasteiger partial charge < -0.3 is 5.32 Å². The number of carbonyl (C=O) groups is 1. The van der Waals surface area contributed by atoms with Crippen molar-refractivity contribution < 1.29 is 18.0 Å². The van der Waals surface area contributed by atoms with Gasteiger partial charge in [-0.1, -0.05) is 11.6 Å². The number of tetrazole rings is 1. The van der Waals surface area contributed by atoms with Crippen LogP contribution in [0.1, 0.15) is 18.3 Å². The van der Waals surface area contributed by atoms with Crippen molar-refractivity contribution in [3.8, 4) is 5.69 Å². The van der Waals surface area contributed by atoms with E-state index in [1.165, 1.54) is 30.8 Å². The molecular formula is C17H13ClF3N5OS. The summed E-state index contributed by atoms with van der Waals surface area (Å²) in [6, 6.07) is 10.5. The van der Waals surface area contributed by atoms with Gasteiger partial charge >= 0.3 is 6.18 Å². The van der Waals surface area contributed by atoms with Crippen molar-refractivity contribution in [1.82, 2.24) is 20.2 Å². The molecule has 146 valence electrons. The van der Waals surface area contributed by atoms with E-state index in [0.29, 0.717) is 5.69 Å². The van der Waals surface area contributed by atoms with Gasteiger partial charge in [0.05, 0.1) is 17.0 Å². The first-order valence-corrected chi connectivity index (χ1v) is 9.25. The quantitative estimate of drug-likeness (QED) is 0.603. The number of hydrogen-bond acceptors (Lipinski definition) is 5. The van der Waals surface area contributed by atoms with Gasteiger partial charge in [-0.3, -0.25) is 4.79 Å². The Morgan fingerprint density at radius 2 is 1.93 bits per heavy atom. The number of amides is 1. The van der Waals surface area contributed by atoms with Gasteiger partial charge in [0.2, 0.25) is 5.91 Å². The maximum atomic E-state index is 13.4. The lowest BCUT2D eigenvalue weighted by molar-refractivity contribution is -0.137. The summed E-state index contributed by atoms with van der Waals surface area (Å²) in [5.74, 6) is 0.318. The zero-order valence-corrected chi connectivity index (χ0v) is 15.9. The molecular weight excluding hydrogens is 415 g/mol. The Hall–Kier alpha value is -2.59. The van der Waals surface area contributed by atoms with E-state index in [1.54, 1.807) is 24.3 Å². The molecule has 3 aromatic rings. The summed E-state index contributed by atoms with van der Waals surface area (Å²) in [6.07, 6.45) is -4.60. The highest BCUT2D eigenvalue weighted by atomic mass is 35.5. The maximum absolute atomic E-state index is 13.4. The average Bonchev–Trinajstić information content (AvgIpc) is 3.08. The zero-order chi connectivity index (χ0) is 20.3. The Balaban J connectivity index is 1.81. The van der Waals surface area contributed by atoms with Crippen molar-refractivity contribution in [2.75, 3.05) is 5.32 Å². The van der Waals surface area contributed by atoms with E-state index in [4.69, 9.17) is 11.6 Å². The molecule has 28 heavy (non-hydrogen) atoms. The van der Waals surface area contributed by atoms with Crippen LogP contribution in [0.4, 0.5) is 18.9 Å². The molecule has 3 rings (SSSR count). The van der Waals surface area contributed by atoms with Crippen LogP contribution in [-0.2, 0) is 16.7 Å². The number of nitrogens with zero attached hydrogens (tertiary/aromatic N) is 4. The fourth-order valence-corrected chi connectivity index (χ4v) is 3.36. The summed E-state index contributed by atoms with van der Waals surface area (Å²) in [7, 11) is 0. The summed E-state index contributed by atoms with van der Waals surface area (Å²) in [4.78, 5) is 11.9. The molecule has 1 heterocycles. The van der Waals surface area contributed by atoms with E-state index < -0.39 is 11.7 Å². The van der Waals surface area contributed by atoms with E-state index >= 15 is 0 Å². The number of rotatable bonds is 5. The first-order valence-electron chi connectivity index (χ1n) is 7.89. The van der Waals surface area contributed by atoms with Crippen LogP contribution in [0.25, 0.3) is 5.69 Å². The molecule has 0 saturated heterocycles. The van der Waals surface area contributed by atoms with Crippen molar-refractivity contribution in [1.29, 1.82) is 0 Å². The minimum absolute atomic E-state index is 0.0284. The Morgan fingerprint density at radius 3 is 2.57 bits per heavy atom. The van der Waals surface area contributed by atoms with Gasteiger partial charge in [-0.15, -0.1) is 16.9 Å². The third kappa shape index (κ3) is 4.82. The van der Waals surface area contributed by atoms with E-state index in [-0.39, 0.29) is 28.2 Å². The smallest absolute Gasteiger partial charge is 0.326 e. The number of carbonyl (C=O) groups excluding carboxylic acids is 1. The summed E-state index contributed by atoms with van der Waals surface area (Å²) < 4.78 is 41.1. The molecule has 0 aliphatic rings. The molecule has 0 unspecified atom stereocenters. The van der Waals surface area contributed by atoms with Gasteiger partial charge in [-0.2, -0.15) is 17.9 Å². The van der Waals surface area contributed by atoms with Crippen LogP contribution in [0, 0.1) is 0 Å². The fraction of sp³-hybridized carbons (Fsp3) is 0.176. The molecule has 6 nitrogen and oxygen atoms in total. The summed E-state index contributed by atoms with van der Waals surface area (Å²) >= 11 is 7.07. The second-order valence-electron chi connectivity index (χ2n) is 5.66. The molecule has 0 aliphatic heterocycles. The minimum Gasteiger partial charge on any atom is -0.326 e. The van der Waals surface area contributed by atoms with Crippen molar-refractivity contribution in [3.05, 3.63) is 58.9 Å². The van der Waals surface area contributed by atoms with Crippen LogP contribution >= 0.6 is 23.4 Å². The number of aromatic nitrogens is 4. The molecule has 11 heteroatoms. The lowest BCUT2D eigenvalue weighted by Crippen LogP contribution is -2.13. The van der Waals surface area contributed by atoms with Crippen LogP contribution in [-0.4, -0.2) is 26.1 Å². The highest BCUT2D eigenvalue weighted by molar-refractivity contribution is 7.98. The highest BCUT2D eigenvalue weighted by Gasteiger charge is 2.35. The van der Waals surface area contributed by atoms with Gasteiger partial charge in [-0.25, -0.2) is 0 Å². The summed E-state index contributed by atoms with van der Waals surface area (Å²) in [6.45, 7) is 1.41. The van der Waals surface area contributed by atoms with Gasteiger partial charge in [0.15, 0.2) is 5.82 Å². The molecule has 0 fully saturated rings. The van der Waals surface area contributed by atoms with Crippen LogP contribution in [0.2, 0.25) is 5.02 Å². The minimum atomic E-state index is -4.60. The lowest BCUT2D eigenvalue weighted by atomic mass is 10.1. The Bertz CT molecular complexity index is 991. The molecule has 0 aliphatic carbocycles. The Kier molecular flexibility index (Phi) is 5.90. The number of alkyl halides is 3. The summed E-state index contributed by atoms with van der Waals surface area (Å²) in [5, 5.41) is 13.7. The number of benzene rings is 2. The van der Waals surface area contributed by atoms with Gasteiger partial charge in [0.1, 0.15) is 0 Å². The van der Waals surface area contributed by atoms with Crippen LogP contribution < -0.4 is 5.32 Å². The molecule has 2 aromatic carbocycles. The normalized spacial score (nSPS) is 11.5. The Labute approximate surface area is 167 Å². The van der Waals surface area contributed by atoms with Crippen LogP contribution in [0.15, 0.2) is 47.4 Å². The molecule has 1 aromatic heterocycles. The number of halogens is 4. The lowest BCUT2D eigenvalue weighted by Gasteiger charge is -2.13. The van der Waals surface area contributed by atoms with Crippen LogP contribution in [0.3, 0.4) is 0 Å². The molecule has 0 radical (unpaired) electrons. The third-order valence-electron chi connectivity index (χ3n) is 3.57. The zero-order valence-electron chi connectivity index (χ0n) is 14.4. The van der Waals surface area contributed by atoms with Gasteiger partial charge in [0, 0.05) is 22.5 Å². The number of anilines is 1. The standard InChI is InChI=1S/C17H13ClF3N5OS/c1-10(27)22-12-3-5-13(6-4-12)28-9-16-23-24-25-26(16)15-7-2-11(18)8-14(15)17(19,20)21/h2-8H,9H2,1H3,(H,22,27). The molecule has 0 bridgehead atoms. The molecule has 0 atom stereocenters. The van der Waals surface area contributed by atoms with E-state index in [9.17, 15) is 18.0 Å². The largest absolute Gasteiger partial charge is 0.418 e. The van der Waals surface area contributed by atoms with E-state index in [2.05, 4.69) is 20.8 Å². The van der Waals surface area contributed by atoms with Gasteiger partial charge in [0.25, 0.3) is 0 Å². The number of thioether (sulfide) groups is 1. The predicted octanol–water partition coefficient (Wildman–Crippen LogP) is 4.59. The molecule has 1 amide bonds. The second-order valence-corrected chi connectivity index (χ2v) is 7.15. The third-order valence-corrected chi connectivity index (χ3v) is 4.81. The number of nitrogens with one attached hydrogen (secondary N) is 1. The second kappa shape index (κ2) is 8.19. The molecule has 0 spiro atoms. The maximum Gasteiger partial charge on any atom is 0.418 e. The Morgan fingerprint density at radius 1 is 1.21 bits per heavy atom. The van der Waals surface area contributed by atoms with Crippen molar-refractivity contribution in [2.45, 2.75) is 23.7 Å². The number of hydrogen-bond donors (Lipinski definition) is 1. The molecule has 0 saturated carbocycles.